The molecule has 1 aliphatic heterocycles. The summed E-state index contributed by atoms with van der Waals surface area (Å²) in [6, 6.07) is 4.22. The van der Waals surface area contributed by atoms with Gasteiger partial charge in [0.15, 0.2) is 0 Å². The van der Waals surface area contributed by atoms with Crippen LogP contribution < -0.4 is 4.74 Å². The number of hydrogen-bond donors (Lipinski definition) is 1. The molecule has 0 radical (unpaired) electrons. The molecule has 1 aromatic heterocycles. The van der Waals surface area contributed by atoms with Crippen molar-refractivity contribution in [2.75, 3.05) is 26.2 Å². The van der Waals surface area contributed by atoms with Gasteiger partial charge in [-0.05, 0) is 64.4 Å². The number of ether oxygens (including phenoxy) is 1. The maximum Gasteiger partial charge on any atom is 0.127 e. The number of rotatable bonds is 6. The number of benzene rings is 1. The Morgan fingerprint density at radius 2 is 1.97 bits per heavy atom. The van der Waals surface area contributed by atoms with Gasteiger partial charge in [-0.3, -0.25) is 4.90 Å². The summed E-state index contributed by atoms with van der Waals surface area (Å²) in [4.78, 5) is 6.06. The minimum atomic E-state index is 0.670. The SMILES string of the molecule is C/C=C(\C)CN(CC)CCc1c(C)[nH]c2ccc3c(c12)C=CCO3.C=CC.CC. The van der Waals surface area contributed by atoms with E-state index in [1.165, 1.54) is 33.3 Å². The molecule has 160 valence electrons. The van der Waals surface area contributed by atoms with E-state index in [2.05, 4.69) is 74.5 Å². The average Bonchev–Trinajstić information content (AvgIpc) is 3.08. The van der Waals surface area contributed by atoms with Gasteiger partial charge < -0.3 is 9.72 Å². The molecule has 0 bridgehead atoms. The fraction of sp³-hybridized carbons (Fsp3) is 0.462. The molecule has 0 saturated heterocycles. The number of nitrogens with zero attached hydrogens (tertiary/aromatic N) is 1. The molecule has 1 aliphatic rings. The lowest BCUT2D eigenvalue weighted by Crippen LogP contribution is -2.27. The van der Waals surface area contributed by atoms with Crippen LogP contribution in [0.5, 0.6) is 5.75 Å². The van der Waals surface area contributed by atoms with Crippen molar-refractivity contribution in [2.45, 2.75) is 54.9 Å². The highest BCUT2D eigenvalue weighted by Gasteiger charge is 2.17. The van der Waals surface area contributed by atoms with Crippen LogP contribution in [-0.2, 0) is 6.42 Å². The van der Waals surface area contributed by atoms with Crippen LogP contribution in [0.3, 0.4) is 0 Å². The van der Waals surface area contributed by atoms with E-state index in [1.54, 1.807) is 6.08 Å². The van der Waals surface area contributed by atoms with Gasteiger partial charge in [-0.2, -0.15) is 0 Å². The van der Waals surface area contributed by atoms with Crippen molar-refractivity contribution < 1.29 is 4.74 Å². The molecule has 0 aliphatic carbocycles. The van der Waals surface area contributed by atoms with Crippen LogP contribution in [0.1, 0.15) is 58.4 Å². The van der Waals surface area contributed by atoms with Gasteiger partial charge in [0.2, 0.25) is 0 Å². The van der Waals surface area contributed by atoms with Crippen LogP contribution in [-0.4, -0.2) is 36.1 Å². The molecule has 1 N–H and O–H groups in total. The van der Waals surface area contributed by atoms with Crippen LogP contribution in [0.4, 0.5) is 0 Å². The zero-order valence-corrected chi connectivity index (χ0v) is 19.6. The number of allylic oxidation sites excluding steroid dienone is 2. The normalized spacial score (nSPS) is 12.5. The number of likely N-dealkylation sites (N-methyl/N-ethyl adjacent to an activating group) is 1. The third-order valence-electron chi connectivity index (χ3n) is 4.99. The van der Waals surface area contributed by atoms with Crippen LogP contribution in [0.25, 0.3) is 17.0 Å². The van der Waals surface area contributed by atoms with Gasteiger partial charge in [-0.25, -0.2) is 0 Å². The molecule has 29 heavy (non-hydrogen) atoms. The van der Waals surface area contributed by atoms with Gasteiger partial charge in [0, 0.05) is 35.2 Å². The summed E-state index contributed by atoms with van der Waals surface area (Å²) < 4.78 is 5.79. The van der Waals surface area contributed by atoms with E-state index in [-0.39, 0.29) is 0 Å². The van der Waals surface area contributed by atoms with Gasteiger partial charge in [-0.15, -0.1) is 6.58 Å². The lowest BCUT2D eigenvalue weighted by atomic mass is 10.00. The molecule has 0 atom stereocenters. The molecule has 3 nitrogen and oxygen atoms in total. The number of aromatic amines is 1. The first-order valence-electron chi connectivity index (χ1n) is 10.9. The molecular formula is C26H40N2O. The Kier molecular flexibility index (Phi) is 11.2. The van der Waals surface area contributed by atoms with E-state index in [4.69, 9.17) is 4.74 Å². The standard InChI is InChI=1S/C21H28N2O.C3H6.C2H6/c1-5-15(3)14-23(6-2)12-11-17-16(4)22-19-9-10-20-18(21(17)19)8-7-13-24-20;1-3-2;1-2/h5,7-10,22H,6,11-14H2,1-4H3;3H,1H2,2H3;1-2H3/b15-5+;;. The molecule has 2 heterocycles. The maximum absolute atomic E-state index is 5.79. The predicted octanol–water partition coefficient (Wildman–Crippen LogP) is 6.93. The van der Waals surface area contributed by atoms with E-state index < -0.39 is 0 Å². The van der Waals surface area contributed by atoms with Crippen molar-refractivity contribution in [1.82, 2.24) is 9.88 Å². The van der Waals surface area contributed by atoms with E-state index >= 15 is 0 Å². The van der Waals surface area contributed by atoms with Gasteiger partial charge in [-0.1, -0.05) is 44.6 Å². The van der Waals surface area contributed by atoms with Gasteiger partial charge in [0.1, 0.15) is 12.4 Å². The second-order valence-electron chi connectivity index (χ2n) is 7.00. The van der Waals surface area contributed by atoms with Crippen molar-refractivity contribution in [3.63, 3.8) is 0 Å². The maximum atomic E-state index is 5.79. The summed E-state index contributed by atoms with van der Waals surface area (Å²) in [7, 11) is 0. The predicted molar refractivity (Wildman–Crippen MR) is 130 cm³/mol. The van der Waals surface area contributed by atoms with Gasteiger partial charge in [0.05, 0.1) is 0 Å². The highest BCUT2D eigenvalue weighted by Crippen LogP contribution is 2.35. The number of aryl methyl sites for hydroxylation is 1. The summed E-state index contributed by atoms with van der Waals surface area (Å²) in [5.41, 5.74) is 6.57. The van der Waals surface area contributed by atoms with Gasteiger partial charge >= 0.3 is 0 Å². The van der Waals surface area contributed by atoms with Crippen molar-refractivity contribution in [3.05, 3.63) is 59.3 Å². The van der Waals surface area contributed by atoms with Crippen molar-refractivity contribution in [3.8, 4) is 5.75 Å². The van der Waals surface area contributed by atoms with Crippen molar-refractivity contribution in [2.24, 2.45) is 0 Å². The molecule has 1 aromatic carbocycles. The van der Waals surface area contributed by atoms with E-state index in [0.29, 0.717) is 6.61 Å². The van der Waals surface area contributed by atoms with Crippen LogP contribution in [0, 0.1) is 6.92 Å². The fourth-order valence-electron chi connectivity index (χ4n) is 3.47. The third-order valence-corrected chi connectivity index (χ3v) is 4.99. The number of hydrogen-bond acceptors (Lipinski definition) is 2. The van der Waals surface area contributed by atoms with E-state index in [9.17, 15) is 0 Å². The lowest BCUT2D eigenvalue weighted by Gasteiger charge is -2.21. The molecule has 0 unspecified atom stereocenters. The Bertz CT molecular complexity index is 827. The Morgan fingerprint density at radius 1 is 1.28 bits per heavy atom. The minimum absolute atomic E-state index is 0.670. The summed E-state index contributed by atoms with van der Waals surface area (Å²) in [5.74, 6) is 1.00. The van der Waals surface area contributed by atoms with E-state index in [1.807, 2.05) is 20.8 Å². The summed E-state index contributed by atoms with van der Waals surface area (Å²) >= 11 is 0. The summed E-state index contributed by atoms with van der Waals surface area (Å²) in [6.07, 6.45) is 9.32. The quantitative estimate of drug-likeness (QED) is 0.536. The molecule has 3 rings (SSSR count). The lowest BCUT2D eigenvalue weighted by molar-refractivity contribution is 0.316. The number of H-pyrrole nitrogens is 1. The first kappa shape index (κ1) is 24.8. The Labute approximate surface area is 178 Å². The third kappa shape index (κ3) is 6.64. The van der Waals surface area contributed by atoms with E-state index in [0.717, 1.165) is 31.8 Å². The average molecular weight is 397 g/mol. The Morgan fingerprint density at radius 3 is 2.59 bits per heavy atom. The van der Waals surface area contributed by atoms with Crippen LogP contribution in [0.2, 0.25) is 0 Å². The minimum Gasteiger partial charge on any atom is -0.489 e. The Hall–Kier alpha value is -2.26. The smallest absolute Gasteiger partial charge is 0.127 e. The molecule has 0 spiro atoms. The Balaban J connectivity index is 0.000000771. The molecule has 0 saturated carbocycles. The highest BCUT2D eigenvalue weighted by molar-refractivity contribution is 5.95. The molecule has 2 aromatic rings. The summed E-state index contributed by atoms with van der Waals surface area (Å²) in [6.45, 7) is 21.9. The van der Waals surface area contributed by atoms with Crippen molar-refractivity contribution >= 4 is 17.0 Å². The zero-order valence-electron chi connectivity index (χ0n) is 19.6. The number of nitrogens with one attached hydrogen (secondary N) is 1. The molecule has 0 fully saturated rings. The van der Waals surface area contributed by atoms with Crippen LogP contribution in [0.15, 0.2) is 42.5 Å². The highest BCUT2D eigenvalue weighted by atomic mass is 16.5. The number of aromatic nitrogens is 1. The monoisotopic (exact) mass is 396 g/mol. The van der Waals surface area contributed by atoms with Crippen LogP contribution >= 0.6 is 0 Å². The zero-order chi connectivity index (χ0) is 21.8. The van der Waals surface area contributed by atoms with Gasteiger partial charge in [0.25, 0.3) is 0 Å². The second-order valence-corrected chi connectivity index (χ2v) is 7.00. The largest absolute Gasteiger partial charge is 0.489 e. The number of fused-ring (bicyclic) bond motifs is 3. The molecule has 0 amide bonds. The van der Waals surface area contributed by atoms with Crippen molar-refractivity contribution in [1.29, 1.82) is 0 Å². The second kappa shape index (κ2) is 13.1. The first-order chi connectivity index (χ1) is 14.0. The summed E-state index contributed by atoms with van der Waals surface area (Å²) in [5, 5.41) is 1.33. The molecular weight excluding hydrogens is 356 g/mol. The topological polar surface area (TPSA) is 28.3 Å². The molecule has 3 heteroatoms. The fourth-order valence-corrected chi connectivity index (χ4v) is 3.47. The first-order valence-corrected chi connectivity index (χ1v) is 10.9.